The van der Waals surface area contributed by atoms with Crippen molar-refractivity contribution in [1.29, 1.82) is 0 Å². The quantitative estimate of drug-likeness (QED) is 0.786. The van der Waals surface area contributed by atoms with Crippen molar-refractivity contribution < 1.29 is 14.6 Å². The number of carbonyl (C=O) groups excluding carboxylic acids is 1. The van der Waals surface area contributed by atoms with Gasteiger partial charge in [-0.1, -0.05) is 37.8 Å². The Morgan fingerprint density at radius 3 is 2.46 bits per heavy atom. The Balaban J connectivity index is 1.60. The van der Waals surface area contributed by atoms with Gasteiger partial charge in [-0.15, -0.1) is 0 Å². The topological polar surface area (TPSA) is 61.8 Å². The molecule has 1 atom stereocenters. The maximum Gasteiger partial charge on any atom is 0.253 e. The van der Waals surface area contributed by atoms with E-state index in [1.165, 1.54) is 25.7 Å². The molecule has 2 N–H and O–H groups in total. The van der Waals surface area contributed by atoms with Gasteiger partial charge in [-0.05, 0) is 44.7 Å². The summed E-state index contributed by atoms with van der Waals surface area (Å²) in [7, 11) is 0. The third-order valence-corrected chi connectivity index (χ3v) is 5.54. The Kier molecular flexibility index (Phi) is 6.92. The summed E-state index contributed by atoms with van der Waals surface area (Å²) in [6, 6.07) is 7.90. The second-order valence-corrected chi connectivity index (χ2v) is 7.62. The van der Waals surface area contributed by atoms with Crippen LogP contribution >= 0.6 is 0 Å². The second kappa shape index (κ2) is 9.38. The number of hydrogen-bond donors (Lipinski definition) is 2. The average Bonchev–Trinajstić information content (AvgIpc) is 2.91. The van der Waals surface area contributed by atoms with Crippen molar-refractivity contribution in [2.24, 2.45) is 0 Å². The minimum Gasteiger partial charge on any atom is -0.393 e. The van der Waals surface area contributed by atoms with Gasteiger partial charge < -0.3 is 20.1 Å². The molecule has 0 radical (unpaired) electrons. The molecule has 1 unspecified atom stereocenters. The molecule has 0 bridgehead atoms. The zero-order valence-corrected chi connectivity index (χ0v) is 15.8. The largest absolute Gasteiger partial charge is 0.393 e. The average molecular weight is 360 g/mol. The SMILES string of the molecule is CC(OC1CCCCCC1)C(=O)Nc1ccccc1N1CCC(O)CC1. The minimum atomic E-state index is -0.450. The van der Waals surface area contributed by atoms with E-state index in [9.17, 15) is 9.90 Å². The van der Waals surface area contributed by atoms with E-state index in [1.54, 1.807) is 0 Å². The van der Waals surface area contributed by atoms with E-state index in [0.717, 1.165) is 50.1 Å². The third kappa shape index (κ3) is 5.21. The maximum absolute atomic E-state index is 12.7. The number of carbonyl (C=O) groups is 1. The van der Waals surface area contributed by atoms with E-state index in [4.69, 9.17) is 4.74 Å². The molecule has 3 rings (SSSR count). The molecule has 5 heteroatoms. The molecule has 1 heterocycles. The van der Waals surface area contributed by atoms with Gasteiger partial charge in [0.1, 0.15) is 6.10 Å². The number of nitrogens with one attached hydrogen (secondary N) is 1. The van der Waals surface area contributed by atoms with Crippen LogP contribution in [0.25, 0.3) is 0 Å². The monoisotopic (exact) mass is 360 g/mol. The standard InChI is InChI=1S/C21H32N2O3/c1-16(26-18-8-4-2-3-5-9-18)21(25)22-19-10-6-7-11-20(19)23-14-12-17(24)13-15-23/h6-7,10-11,16-18,24H,2-5,8-9,12-15H2,1H3,(H,22,25). The van der Waals surface area contributed by atoms with Crippen LogP contribution in [0.2, 0.25) is 0 Å². The third-order valence-electron chi connectivity index (χ3n) is 5.54. The van der Waals surface area contributed by atoms with Gasteiger partial charge in [0.05, 0.1) is 23.6 Å². The maximum atomic E-state index is 12.7. The molecule has 2 fully saturated rings. The number of piperidine rings is 1. The number of ether oxygens (including phenoxy) is 1. The molecule has 1 saturated heterocycles. The highest BCUT2D eigenvalue weighted by atomic mass is 16.5. The molecule has 26 heavy (non-hydrogen) atoms. The van der Waals surface area contributed by atoms with Gasteiger partial charge in [0, 0.05) is 13.1 Å². The van der Waals surface area contributed by atoms with Crippen molar-refractivity contribution in [1.82, 2.24) is 0 Å². The number of para-hydroxylation sites is 2. The lowest BCUT2D eigenvalue weighted by molar-refractivity contribution is -0.130. The van der Waals surface area contributed by atoms with Gasteiger partial charge in [-0.2, -0.15) is 0 Å². The van der Waals surface area contributed by atoms with Crippen LogP contribution in [0.1, 0.15) is 58.3 Å². The number of aliphatic hydroxyl groups is 1. The molecule has 1 aliphatic heterocycles. The minimum absolute atomic E-state index is 0.0845. The highest BCUT2D eigenvalue weighted by molar-refractivity contribution is 5.97. The summed E-state index contributed by atoms with van der Waals surface area (Å²) in [5.74, 6) is -0.0845. The fourth-order valence-electron chi connectivity index (χ4n) is 3.92. The molecule has 2 aliphatic rings. The van der Waals surface area contributed by atoms with Gasteiger partial charge in [0.15, 0.2) is 0 Å². The summed E-state index contributed by atoms with van der Waals surface area (Å²) in [6.07, 6.45) is 8.15. The molecule has 1 aliphatic carbocycles. The van der Waals surface area contributed by atoms with Crippen molar-refractivity contribution >= 4 is 17.3 Å². The van der Waals surface area contributed by atoms with Gasteiger partial charge in [-0.3, -0.25) is 4.79 Å². The van der Waals surface area contributed by atoms with E-state index in [0.29, 0.717) is 0 Å². The van der Waals surface area contributed by atoms with Crippen LogP contribution in [0, 0.1) is 0 Å². The first-order valence-electron chi connectivity index (χ1n) is 10.1. The predicted octanol–water partition coefficient (Wildman–Crippen LogP) is 3.71. The number of aliphatic hydroxyl groups excluding tert-OH is 1. The molecule has 0 spiro atoms. The highest BCUT2D eigenvalue weighted by Gasteiger charge is 2.23. The zero-order chi connectivity index (χ0) is 18.4. The van der Waals surface area contributed by atoms with E-state index >= 15 is 0 Å². The Bertz CT molecular complexity index is 576. The van der Waals surface area contributed by atoms with Crippen LogP contribution in [-0.4, -0.2) is 42.4 Å². The Morgan fingerprint density at radius 2 is 1.77 bits per heavy atom. The summed E-state index contributed by atoms with van der Waals surface area (Å²) in [5, 5.41) is 12.8. The summed E-state index contributed by atoms with van der Waals surface area (Å²) in [5.41, 5.74) is 1.85. The van der Waals surface area contributed by atoms with Crippen molar-refractivity contribution in [3.05, 3.63) is 24.3 Å². The Morgan fingerprint density at radius 1 is 1.12 bits per heavy atom. The molecule has 5 nitrogen and oxygen atoms in total. The van der Waals surface area contributed by atoms with E-state index in [2.05, 4.69) is 10.2 Å². The number of rotatable bonds is 5. The smallest absolute Gasteiger partial charge is 0.253 e. The van der Waals surface area contributed by atoms with Gasteiger partial charge in [-0.25, -0.2) is 0 Å². The van der Waals surface area contributed by atoms with Crippen LogP contribution in [0.5, 0.6) is 0 Å². The van der Waals surface area contributed by atoms with Crippen LogP contribution < -0.4 is 10.2 Å². The van der Waals surface area contributed by atoms with Gasteiger partial charge in [0.25, 0.3) is 5.91 Å². The van der Waals surface area contributed by atoms with Crippen LogP contribution in [0.3, 0.4) is 0 Å². The fourth-order valence-corrected chi connectivity index (χ4v) is 3.92. The lowest BCUT2D eigenvalue weighted by atomic mass is 10.1. The molecular formula is C21H32N2O3. The highest BCUT2D eigenvalue weighted by Crippen LogP contribution is 2.29. The second-order valence-electron chi connectivity index (χ2n) is 7.62. The Hall–Kier alpha value is -1.59. The molecule has 0 aromatic heterocycles. The normalized spacial score (nSPS) is 21.2. The van der Waals surface area contributed by atoms with E-state index in [1.807, 2.05) is 31.2 Å². The van der Waals surface area contributed by atoms with E-state index in [-0.39, 0.29) is 18.1 Å². The zero-order valence-electron chi connectivity index (χ0n) is 15.8. The first-order chi connectivity index (χ1) is 12.6. The van der Waals surface area contributed by atoms with Crippen LogP contribution in [0.15, 0.2) is 24.3 Å². The lowest BCUT2D eigenvalue weighted by Gasteiger charge is -2.33. The van der Waals surface area contributed by atoms with Gasteiger partial charge >= 0.3 is 0 Å². The molecular weight excluding hydrogens is 328 g/mol. The number of nitrogens with zero attached hydrogens (tertiary/aromatic N) is 1. The number of anilines is 2. The number of amides is 1. The fraction of sp³-hybridized carbons (Fsp3) is 0.667. The van der Waals surface area contributed by atoms with Crippen molar-refractivity contribution in [2.75, 3.05) is 23.3 Å². The summed E-state index contributed by atoms with van der Waals surface area (Å²) in [6.45, 7) is 3.46. The van der Waals surface area contributed by atoms with Crippen LogP contribution in [0.4, 0.5) is 11.4 Å². The van der Waals surface area contributed by atoms with Crippen LogP contribution in [-0.2, 0) is 9.53 Å². The molecule has 1 aromatic rings. The first kappa shape index (κ1) is 19.2. The summed E-state index contributed by atoms with van der Waals surface area (Å²) < 4.78 is 6.05. The molecule has 1 aromatic carbocycles. The van der Waals surface area contributed by atoms with Gasteiger partial charge in [0.2, 0.25) is 0 Å². The molecule has 1 saturated carbocycles. The first-order valence-corrected chi connectivity index (χ1v) is 10.1. The molecule has 1 amide bonds. The van der Waals surface area contributed by atoms with Crippen molar-refractivity contribution in [2.45, 2.75) is 76.6 Å². The lowest BCUT2D eigenvalue weighted by Crippen LogP contribution is -2.37. The number of hydrogen-bond acceptors (Lipinski definition) is 4. The van der Waals surface area contributed by atoms with Crippen molar-refractivity contribution in [3.63, 3.8) is 0 Å². The predicted molar refractivity (Wildman–Crippen MR) is 105 cm³/mol. The molecule has 144 valence electrons. The summed E-state index contributed by atoms with van der Waals surface area (Å²) in [4.78, 5) is 14.9. The van der Waals surface area contributed by atoms with Crippen molar-refractivity contribution in [3.8, 4) is 0 Å². The summed E-state index contributed by atoms with van der Waals surface area (Å²) >= 11 is 0. The number of benzene rings is 1. The Labute approximate surface area is 156 Å². The van der Waals surface area contributed by atoms with E-state index < -0.39 is 6.10 Å².